The smallest absolute Gasteiger partial charge is 0.257 e. The molecular formula is C20H21ClN2O6S. The minimum absolute atomic E-state index is 0.0137. The molecule has 160 valence electrons. The second kappa shape index (κ2) is 7.81. The number of anilines is 2. The van der Waals surface area contributed by atoms with Gasteiger partial charge in [0.1, 0.15) is 11.5 Å². The summed E-state index contributed by atoms with van der Waals surface area (Å²) in [6.45, 7) is 3.12. The van der Waals surface area contributed by atoms with Gasteiger partial charge in [-0.3, -0.25) is 9.59 Å². The monoisotopic (exact) mass is 452 g/mol. The van der Waals surface area contributed by atoms with Gasteiger partial charge in [-0.05, 0) is 44.2 Å². The van der Waals surface area contributed by atoms with Crippen LogP contribution in [0.5, 0.6) is 11.5 Å². The Morgan fingerprint density at radius 3 is 2.40 bits per heavy atom. The molecule has 0 aromatic heterocycles. The highest BCUT2D eigenvalue weighted by Gasteiger charge is 2.50. The highest BCUT2D eigenvalue weighted by Crippen LogP contribution is 2.37. The maximum Gasteiger partial charge on any atom is 0.257 e. The van der Waals surface area contributed by atoms with Gasteiger partial charge < -0.3 is 14.8 Å². The van der Waals surface area contributed by atoms with Gasteiger partial charge in [0.2, 0.25) is 15.9 Å². The van der Waals surface area contributed by atoms with Gasteiger partial charge in [0.25, 0.3) is 5.91 Å². The Morgan fingerprint density at radius 2 is 1.83 bits per heavy atom. The Balaban J connectivity index is 1.97. The number of hydrogen-bond donors (Lipinski definition) is 1. The summed E-state index contributed by atoms with van der Waals surface area (Å²) in [5, 5.41) is 2.78. The molecule has 0 radical (unpaired) electrons. The first-order chi connectivity index (χ1) is 14.0. The molecule has 1 aliphatic rings. The fourth-order valence-corrected chi connectivity index (χ4v) is 5.47. The minimum Gasteiger partial charge on any atom is -0.497 e. The van der Waals surface area contributed by atoms with Crippen molar-refractivity contribution in [3.63, 3.8) is 0 Å². The van der Waals surface area contributed by atoms with Gasteiger partial charge in [-0.2, -0.15) is 0 Å². The van der Waals surface area contributed by atoms with E-state index >= 15 is 0 Å². The van der Waals surface area contributed by atoms with E-state index < -0.39 is 27.3 Å². The van der Waals surface area contributed by atoms with Crippen molar-refractivity contribution < 1.29 is 27.5 Å². The maximum atomic E-state index is 12.9. The number of hydrogen-bond acceptors (Lipinski definition) is 6. The summed E-state index contributed by atoms with van der Waals surface area (Å²) < 4.78 is 36.2. The van der Waals surface area contributed by atoms with E-state index in [1.54, 1.807) is 32.0 Å². The summed E-state index contributed by atoms with van der Waals surface area (Å²) in [5.74, 6) is -0.549. The summed E-state index contributed by atoms with van der Waals surface area (Å²) in [6, 6.07) is 8.91. The Morgan fingerprint density at radius 1 is 1.13 bits per heavy atom. The molecule has 1 saturated heterocycles. The molecule has 8 nitrogen and oxygen atoms in total. The number of halogens is 1. The zero-order chi connectivity index (χ0) is 22.3. The highest BCUT2D eigenvalue weighted by atomic mass is 35.5. The molecule has 1 aliphatic heterocycles. The first-order valence-corrected chi connectivity index (χ1v) is 10.9. The van der Waals surface area contributed by atoms with Crippen LogP contribution in [0, 0.1) is 5.41 Å². The van der Waals surface area contributed by atoms with E-state index in [1.807, 2.05) is 0 Å². The lowest BCUT2D eigenvalue weighted by Gasteiger charge is -2.19. The van der Waals surface area contributed by atoms with Crippen molar-refractivity contribution in [2.45, 2.75) is 13.8 Å². The third-order valence-corrected chi connectivity index (χ3v) is 7.02. The molecule has 0 bridgehead atoms. The number of nitrogens with one attached hydrogen (secondary N) is 1. The van der Waals surface area contributed by atoms with E-state index in [2.05, 4.69) is 5.32 Å². The summed E-state index contributed by atoms with van der Waals surface area (Å²) in [7, 11) is -0.899. The van der Waals surface area contributed by atoms with Crippen molar-refractivity contribution >= 4 is 44.8 Å². The van der Waals surface area contributed by atoms with Crippen molar-refractivity contribution in [2.24, 2.45) is 5.41 Å². The molecule has 0 aliphatic carbocycles. The molecule has 1 N–H and O–H groups in total. The minimum atomic E-state index is -3.85. The third kappa shape index (κ3) is 3.95. The number of rotatable bonds is 5. The van der Waals surface area contributed by atoms with E-state index in [1.165, 1.54) is 32.4 Å². The number of nitrogens with zero attached hydrogens (tertiary/aromatic N) is 1. The second-order valence-corrected chi connectivity index (χ2v) is 9.62. The molecule has 1 fully saturated rings. The summed E-state index contributed by atoms with van der Waals surface area (Å²) in [5.41, 5.74) is -0.616. The Hall–Kier alpha value is -2.78. The van der Waals surface area contributed by atoms with Crippen LogP contribution in [0.25, 0.3) is 0 Å². The largest absolute Gasteiger partial charge is 0.497 e. The fraction of sp³-hybridized carbons (Fsp3) is 0.300. The SMILES string of the molecule is COc1ccc(NC(=O)c2cc(N3C(=O)C(C)(C)CS3(=O)=O)ccc2Cl)c(OC)c1. The molecule has 0 saturated carbocycles. The number of sulfonamides is 1. The van der Waals surface area contributed by atoms with E-state index in [4.69, 9.17) is 21.1 Å². The number of amides is 2. The Bertz CT molecular complexity index is 1130. The standard InChI is InChI=1S/C20H21ClN2O6S/c1-20(2)11-30(26,27)23(19(20)25)12-5-7-15(21)14(9-12)18(24)22-16-8-6-13(28-3)10-17(16)29-4/h5-10H,11H2,1-4H3,(H,22,24). The van der Waals surface area contributed by atoms with Gasteiger partial charge in [0, 0.05) is 6.07 Å². The zero-order valence-electron chi connectivity index (χ0n) is 16.9. The topological polar surface area (TPSA) is 102 Å². The molecular weight excluding hydrogens is 432 g/mol. The van der Waals surface area contributed by atoms with Crippen LogP contribution in [0.1, 0.15) is 24.2 Å². The summed E-state index contributed by atoms with van der Waals surface area (Å²) in [6.07, 6.45) is 0. The average molecular weight is 453 g/mol. The van der Waals surface area contributed by atoms with E-state index in [-0.39, 0.29) is 22.0 Å². The zero-order valence-corrected chi connectivity index (χ0v) is 18.4. The summed E-state index contributed by atoms with van der Waals surface area (Å²) >= 11 is 6.18. The van der Waals surface area contributed by atoms with E-state index in [0.717, 1.165) is 4.31 Å². The lowest BCUT2D eigenvalue weighted by atomic mass is 9.95. The van der Waals surface area contributed by atoms with Gasteiger partial charge in [-0.25, -0.2) is 12.7 Å². The molecule has 1 heterocycles. The van der Waals surface area contributed by atoms with Gasteiger partial charge in [-0.15, -0.1) is 0 Å². The van der Waals surface area contributed by atoms with Crippen LogP contribution in [-0.2, 0) is 14.8 Å². The van der Waals surface area contributed by atoms with Crippen molar-refractivity contribution in [2.75, 3.05) is 29.6 Å². The van der Waals surface area contributed by atoms with E-state index in [0.29, 0.717) is 17.2 Å². The average Bonchev–Trinajstić information content (AvgIpc) is 2.85. The quantitative estimate of drug-likeness (QED) is 0.746. The molecule has 0 atom stereocenters. The van der Waals surface area contributed by atoms with Crippen molar-refractivity contribution in [1.82, 2.24) is 0 Å². The highest BCUT2D eigenvalue weighted by molar-refractivity contribution is 7.94. The molecule has 10 heteroatoms. The predicted octanol–water partition coefficient (Wildman–Crippen LogP) is 3.31. The van der Waals surface area contributed by atoms with Crippen LogP contribution in [0.3, 0.4) is 0 Å². The summed E-state index contributed by atoms with van der Waals surface area (Å²) in [4.78, 5) is 25.5. The van der Waals surface area contributed by atoms with Gasteiger partial charge in [0.05, 0.1) is 47.3 Å². The number of carbonyl (C=O) groups excluding carboxylic acids is 2. The lowest BCUT2D eigenvalue weighted by molar-refractivity contribution is -0.123. The van der Waals surface area contributed by atoms with Crippen LogP contribution in [0.4, 0.5) is 11.4 Å². The molecule has 2 aromatic rings. The number of carbonyl (C=O) groups is 2. The molecule has 2 amide bonds. The first-order valence-electron chi connectivity index (χ1n) is 8.90. The molecule has 0 unspecified atom stereocenters. The van der Waals surface area contributed by atoms with Crippen LogP contribution >= 0.6 is 11.6 Å². The molecule has 30 heavy (non-hydrogen) atoms. The van der Waals surface area contributed by atoms with Crippen LogP contribution in [0.15, 0.2) is 36.4 Å². The van der Waals surface area contributed by atoms with Crippen molar-refractivity contribution in [1.29, 1.82) is 0 Å². The molecule has 0 spiro atoms. The van der Waals surface area contributed by atoms with Crippen LogP contribution < -0.4 is 19.1 Å². The van der Waals surface area contributed by atoms with Gasteiger partial charge in [-0.1, -0.05) is 11.6 Å². The molecule has 3 rings (SSSR count). The predicted molar refractivity (Wildman–Crippen MR) is 114 cm³/mol. The lowest BCUT2D eigenvalue weighted by Crippen LogP contribution is -2.33. The first kappa shape index (κ1) is 21.9. The van der Waals surface area contributed by atoms with Gasteiger partial charge in [0.15, 0.2) is 0 Å². The third-order valence-electron chi connectivity index (χ3n) is 4.67. The van der Waals surface area contributed by atoms with Crippen LogP contribution in [-0.4, -0.2) is 40.2 Å². The second-order valence-electron chi connectivity index (χ2n) is 7.39. The van der Waals surface area contributed by atoms with E-state index in [9.17, 15) is 18.0 Å². The number of ether oxygens (including phenoxy) is 2. The Labute approximate surface area is 179 Å². The van der Waals surface area contributed by atoms with Crippen molar-refractivity contribution in [3.8, 4) is 11.5 Å². The number of benzene rings is 2. The normalized spacial score (nSPS) is 17.0. The Kier molecular flexibility index (Phi) is 5.70. The fourth-order valence-electron chi connectivity index (χ4n) is 3.17. The van der Waals surface area contributed by atoms with Crippen molar-refractivity contribution in [3.05, 3.63) is 47.0 Å². The van der Waals surface area contributed by atoms with Crippen LogP contribution in [0.2, 0.25) is 5.02 Å². The van der Waals surface area contributed by atoms with Gasteiger partial charge >= 0.3 is 0 Å². The maximum absolute atomic E-state index is 12.9. The number of methoxy groups -OCH3 is 2. The molecule has 2 aromatic carbocycles.